The van der Waals surface area contributed by atoms with Crippen LogP contribution in [0.3, 0.4) is 0 Å². The summed E-state index contributed by atoms with van der Waals surface area (Å²) < 4.78 is 48.6. The number of anilines is 1. The Hall–Kier alpha value is -3.26. The molecule has 11 heteroatoms. The van der Waals surface area contributed by atoms with Crippen LogP contribution in [0.4, 0.5) is 18.9 Å². The van der Waals surface area contributed by atoms with Crippen LogP contribution < -0.4 is 15.8 Å². The number of carbonyl (C=O) groups excluding carboxylic acids is 1. The van der Waals surface area contributed by atoms with Crippen molar-refractivity contribution in [1.29, 1.82) is 0 Å². The Labute approximate surface area is 186 Å². The molecule has 2 aliphatic rings. The molecule has 1 unspecified atom stereocenters. The van der Waals surface area contributed by atoms with Crippen molar-refractivity contribution in [2.24, 2.45) is 16.6 Å². The molecule has 0 saturated heterocycles. The van der Waals surface area contributed by atoms with Gasteiger partial charge in [0.25, 0.3) is 5.91 Å². The Bertz CT molecular complexity index is 1170. The number of nitrogens with zero attached hydrogens (tertiary/aromatic N) is 3. The van der Waals surface area contributed by atoms with Gasteiger partial charge in [0.1, 0.15) is 17.9 Å². The van der Waals surface area contributed by atoms with E-state index in [-0.39, 0.29) is 51.5 Å². The monoisotopic (exact) mass is 461 g/mol. The van der Waals surface area contributed by atoms with Crippen LogP contribution in [0.1, 0.15) is 28.2 Å². The summed E-state index contributed by atoms with van der Waals surface area (Å²) in [6, 6.07) is 2.00. The van der Waals surface area contributed by atoms with Crippen molar-refractivity contribution in [3.63, 3.8) is 0 Å². The van der Waals surface area contributed by atoms with Crippen LogP contribution in [-0.2, 0) is 5.54 Å². The van der Waals surface area contributed by atoms with Crippen LogP contribution in [0.2, 0.25) is 0 Å². The van der Waals surface area contributed by atoms with E-state index in [1.165, 1.54) is 30.9 Å². The topological polar surface area (TPSA) is 102 Å². The van der Waals surface area contributed by atoms with Gasteiger partial charge in [0.2, 0.25) is 5.88 Å². The summed E-state index contributed by atoms with van der Waals surface area (Å²) in [5, 5.41) is 2.58. The van der Waals surface area contributed by atoms with E-state index in [0.29, 0.717) is 6.42 Å². The first-order valence-electron chi connectivity index (χ1n) is 9.57. The van der Waals surface area contributed by atoms with Gasteiger partial charge in [-0.05, 0) is 19.4 Å². The molecule has 0 bridgehead atoms. The molecule has 1 saturated carbocycles. The number of amides is 1. The molecule has 1 fully saturated rings. The van der Waals surface area contributed by atoms with Crippen molar-refractivity contribution < 1.29 is 22.7 Å². The molecule has 1 aromatic carbocycles. The SMILES string of the molecule is C#CCOc1cnc(C(=O)Nc2cc(F)c(F)c([C@@]3(CF)N=C(N)SC4C[C@H]43)c2)c(C)n1. The number of amidine groups is 1. The Morgan fingerprint density at radius 2 is 2.25 bits per heavy atom. The molecule has 1 aromatic heterocycles. The largest absolute Gasteiger partial charge is 0.463 e. The molecule has 1 aliphatic carbocycles. The van der Waals surface area contributed by atoms with E-state index in [2.05, 4.69) is 26.2 Å². The number of aromatic nitrogens is 2. The van der Waals surface area contributed by atoms with Gasteiger partial charge in [0.15, 0.2) is 23.4 Å². The molecule has 2 heterocycles. The summed E-state index contributed by atoms with van der Waals surface area (Å²) in [4.78, 5) is 24.9. The number of nitrogens with one attached hydrogen (secondary N) is 1. The van der Waals surface area contributed by atoms with Crippen LogP contribution >= 0.6 is 11.8 Å². The fraction of sp³-hybridized carbons (Fsp3) is 0.333. The molecular formula is C21H18F3N5O2S. The number of benzene rings is 1. The van der Waals surface area contributed by atoms with Gasteiger partial charge < -0.3 is 15.8 Å². The van der Waals surface area contributed by atoms with E-state index in [9.17, 15) is 18.0 Å². The molecule has 2 aromatic rings. The van der Waals surface area contributed by atoms with E-state index in [1.54, 1.807) is 0 Å². The molecule has 0 radical (unpaired) electrons. The third kappa shape index (κ3) is 3.86. The lowest BCUT2D eigenvalue weighted by Crippen LogP contribution is -2.37. The predicted molar refractivity (Wildman–Crippen MR) is 114 cm³/mol. The second-order valence-electron chi connectivity index (χ2n) is 7.42. The predicted octanol–water partition coefficient (Wildman–Crippen LogP) is 2.94. The molecule has 1 amide bonds. The minimum Gasteiger partial charge on any atom is -0.463 e. The Kier molecular flexibility index (Phi) is 5.73. The number of hydrogen-bond donors (Lipinski definition) is 2. The maximum atomic E-state index is 14.8. The van der Waals surface area contributed by atoms with Gasteiger partial charge >= 0.3 is 0 Å². The first-order chi connectivity index (χ1) is 15.3. The molecule has 3 atom stereocenters. The quantitative estimate of drug-likeness (QED) is 0.642. The van der Waals surface area contributed by atoms with Gasteiger partial charge in [-0.2, -0.15) is 0 Å². The number of aryl methyl sites for hydroxylation is 1. The van der Waals surface area contributed by atoms with Crippen molar-refractivity contribution in [1.82, 2.24) is 9.97 Å². The van der Waals surface area contributed by atoms with E-state index in [1.807, 2.05) is 0 Å². The third-order valence-corrected chi connectivity index (χ3v) is 6.48. The third-order valence-electron chi connectivity index (χ3n) is 5.33. The number of alkyl halides is 1. The molecule has 0 spiro atoms. The number of rotatable bonds is 6. The second-order valence-corrected chi connectivity index (χ2v) is 8.67. The zero-order chi connectivity index (χ0) is 23.0. The van der Waals surface area contributed by atoms with Crippen LogP contribution in [0, 0.1) is 36.8 Å². The van der Waals surface area contributed by atoms with Crippen molar-refractivity contribution >= 4 is 28.5 Å². The van der Waals surface area contributed by atoms with Gasteiger partial charge in [-0.3, -0.25) is 4.79 Å². The van der Waals surface area contributed by atoms with Crippen molar-refractivity contribution in [2.75, 3.05) is 18.6 Å². The van der Waals surface area contributed by atoms with Crippen LogP contribution in [-0.4, -0.2) is 39.6 Å². The number of ether oxygens (including phenoxy) is 1. The number of fused-ring (bicyclic) bond motifs is 1. The highest BCUT2D eigenvalue weighted by Gasteiger charge is 2.58. The minimum atomic E-state index is -1.63. The summed E-state index contributed by atoms with van der Waals surface area (Å²) in [6.07, 6.45) is 6.92. The van der Waals surface area contributed by atoms with E-state index >= 15 is 0 Å². The summed E-state index contributed by atoms with van der Waals surface area (Å²) in [7, 11) is 0. The average molecular weight is 461 g/mol. The smallest absolute Gasteiger partial charge is 0.276 e. The van der Waals surface area contributed by atoms with E-state index in [4.69, 9.17) is 16.9 Å². The highest BCUT2D eigenvalue weighted by Crippen LogP contribution is 2.58. The first kappa shape index (κ1) is 22.0. The number of nitrogens with two attached hydrogens (primary N) is 1. The van der Waals surface area contributed by atoms with Crippen molar-refractivity contribution in [3.05, 3.63) is 46.9 Å². The maximum Gasteiger partial charge on any atom is 0.276 e. The standard InChI is InChI=1S/C21H18F3N5O2S/c1-3-4-31-16-8-26-18(10(2)27-16)19(30)28-11-5-13(17(24)14(23)6-11)21(9-22)12-7-15(12)32-20(25)29-21/h1,5-6,8,12,15H,4,7,9H2,2H3,(H2,25,29)(H,28,30)/t12-,15?,21+/m1/s1. The van der Waals surface area contributed by atoms with Crippen LogP contribution in [0.15, 0.2) is 23.3 Å². The highest BCUT2D eigenvalue weighted by molar-refractivity contribution is 8.14. The molecule has 7 nitrogen and oxygen atoms in total. The normalized spacial score (nSPS) is 23.5. The van der Waals surface area contributed by atoms with Crippen molar-refractivity contribution in [3.8, 4) is 18.2 Å². The molecule has 166 valence electrons. The van der Waals surface area contributed by atoms with E-state index in [0.717, 1.165) is 6.07 Å². The zero-order valence-electron chi connectivity index (χ0n) is 16.9. The fourth-order valence-electron chi connectivity index (χ4n) is 3.76. The lowest BCUT2D eigenvalue weighted by Gasteiger charge is -2.31. The zero-order valence-corrected chi connectivity index (χ0v) is 17.7. The van der Waals surface area contributed by atoms with Gasteiger partial charge in [-0.1, -0.05) is 17.7 Å². The second kappa shape index (κ2) is 8.35. The molecular weight excluding hydrogens is 443 g/mol. The fourth-order valence-corrected chi connectivity index (χ4v) is 4.98. The lowest BCUT2D eigenvalue weighted by atomic mass is 9.85. The molecule has 32 heavy (non-hydrogen) atoms. The Morgan fingerprint density at radius 1 is 1.47 bits per heavy atom. The van der Waals surface area contributed by atoms with Gasteiger partial charge in [0, 0.05) is 28.5 Å². The minimum absolute atomic E-state index is 0.00270. The number of terminal acetylenes is 1. The van der Waals surface area contributed by atoms with Gasteiger partial charge in [-0.15, -0.1) is 6.42 Å². The number of hydrogen-bond acceptors (Lipinski definition) is 7. The molecule has 1 aliphatic heterocycles. The first-order valence-corrected chi connectivity index (χ1v) is 10.5. The maximum absolute atomic E-state index is 14.8. The summed E-state index contributed by atoms with van der Waals surface area (Å²) in [5.41, 5.74) is 4.01. The van der Waals surface area contributed by atoms with E-state index < -0.39 is 29.8 Å². The summed E-state index contributed by atoms with van der Waals surface area (Å²) >= 11 is 1.30. The van der Waals surface area contributed by atoms with Gasteiger partial charge in [0.05, 0.1) is 11.9 Å². The molecule has 3 N–H and O–H groups in total. The molecule has 4 rings (SSSR count). The number of carbonyl (C=O) groups is 1. The average Bonchev–Trinajstić information content (AvgIpc) is 3.53. The number of thioether (sulfide) groups is 1. The van der Waals surface area contributed by atoms with Crippen LogP contribution in [0.25, 0.3) is 0 Å². The lowest BCUT2D eigenvalue weighted by molar-refractivity contribution is 0.102. The number of aliphatic imine (C=N–C) groups is 1. The van der Waals surface area contributed by atoms with Crippen LogP contribution in [0.5, 0.6) is 5.88 Å². The summed E-state index contributed by atoms with van der Waals surface area (Å²) in [6.45, 7) is 0.470. The highest BCUT2D eigenvalue weighted by atomic mass is 32.2. The Morgan fingerprint density at radius 3 is 2.94 bits per heavy atom. The Balaban J connectivity index is 1.65. The summed E-state index contributed by atoms with van der Waals surface area (Å²) in [5.74, 6) is -1.06. The number of halogens is 3. The van der Waals surface area contributed by atoms with Gasteiger partial charge in [-0.25, -0.2) is 28.1 Å². The van der Waals surface area contributed by atoms with Crippen molar-refractivity contribution in [2.45, 2.75) is 24.1 Å².